The Labute approximate surface area is 115 Å². The minimum atomic E-state index is -0.490. The molecule has 6 heteroatoms. The fraction of sp³-hybridized carbons (Fsp3) is 0.231. The Bertz CT molecular complexity index is 610. The largest absolute Gasteiger partial charge is 0.459 e. The molecule has 1 aromatic carbocycles. The highest BCUT2D eigenvalue weighted by Gasteiger charge is 2.15. The second-order valence-corrected chi connectivity index (χ2v) is 4.55. The SMILES string of the molecule is CCC(N)c1ccc(-c2ccc([N+](=O)[O-])cc2Cl)o1. The summed E-state index contributed by atoms with van der Waals surface area (Å²) >= 11 is 6.04. The van der Waals surface area contributed by atoms with Crippen LogP contribution in [0.25, 0.3) is 11.3 Å². The summed E-state index contributed by atoms with van der Waals surface area (Å²) in [6.07, 6.45) is 0.765. The Morgan fingerprint density at radius 2 is 2.16 bits per heavy atom. The maximum atomic E-state index is 10.6. The Balaban J connectivity index is 2.37. The van der Waals surface area contributed by atoms with Gasteiger partial charge in [0.25, 0.3) is 5.69 Å². The van der Waals surface area contributed by atoms with Crippen molar-refractivity contribution in [1.29, 1.82) is 0 Å². The molecule has 19 heavy (non-hydrogen) atoms. The van der Waals surface area contributed by atoms with Crippen LogP contribution in [0, 0.1) is 10.1 Å². The highest BCUT2D eigenvalue weighted by Crippen LogP contribution is 2.33. The van der Waals surface area contributed by atoms with Crippen LogP contribution in [0.4, 0.5) is 5.69 Å². The summed E-state index contributed by atoms with van der Waals surface area (Å²) in [5.41, 5.74) is 6.43. The molecule has 0 spiro atoms. The van der Waals surface area contributed by atoms with Crippen LogP contribution >= 0.6 is 11.6 Å². The summed E-state index contributed by atoms with van der Waals surface area (Å²) in [4.78, 5) is 10.2. The first kappa shape index (κ1) is 13.6. The van der Waals surface area contributed by atoms with E-state index in [1.807, 2.05) is 6.92 Å². The Morgan fingerprint density at radius 3 is 2.74 bits per heavy atom. The van der Waals surface area contributed by atoms with Crippen molar-refractivity contribution in [2.24, 2.45) is 5.73 Å². The van der Waals surface area contributed by atoms with E-state index in [1.54, 1.807) is 18.2 Å². The monoisotopic (exact) mass is 280 g/mol. The summed E-state index contributed by atoms with van der Waals surface area (Å²) in [5.74, 6) is 1.23. The number of non-ortho nitro benzene ring substituents is 1. The second-order valence-electron chi connectivity index (χ2n) is 4.14. The van der Waals surface area contributed by atoms with Gasteiger partial charge in [0.05, 0.1) is 16.0 Å². The van der Waals surface area contributed by atoms with E-state index in [9.17, 15) is 10.1 Å². The van der Waals surface area contributed by atoms with Gasteiger partial charge in [-0.2, -0.15) is 0 Å². The number of nitro benzene ring substituents is 1. The van der Waals surface area contributed by atoms with E-state index in [0.29, 0.717) is 17.1 Å². The van der Waals surface area contributed by atoms with Crippen LogP contribution < -0.4 is 5.73 Å². The zero-order chi connectivity index (χ0) is 14.0. The summed E-state index contributed by atoms with van der Waals surface area (Å²) < 4.78 is 5.62. The topological polar surface area (TPSA) is 82.3 Å². The minimum Gasteiger partial charge on any atom is -0.459 e. The zero-order valence-electron chi connectivity index (χ0n) is 10.3. The van der Waals surface area contributed by atoms with Crippen LogP contribution in [0.2, 0.25) is 5.02 Å². The molecule has 1 unspecified atom stereocenters. The first-order valence-corrected chi connectivity index (χ1v) is 6.20. The molecule has 0 fully saturated rings. The Kier molecular flexibility index (Phi) is 3.87. The number of nitrogens with two attached hydrogens (primary N) is 1. The van der Waals surface area contributed by atoms with Gasteiger partial charge in [0.2, 0.25) is 0 Å². The molecule has 0 bridgehead atoms. The number of hydrogen-bond donors (Lipinski definition) is 1. The molecular weight excluding hydrogens is 268 g/mol. The van der Waals surface area contributed by atoms with Gasteiger partial charge in [-0.1, -0.05) is 18.5 Å². The Morgan fingerprint density at radius 1 is 1.42 bits per heavy atom. The maximum absolute atomic E-state index is 10.6. The summed E-state index contributed by atoms with van der Waals surface area (Å²) in [6.45, 7) is 1.96. The second kappa shape index (κ2) is 5.42. The number of hydrogen-bond acceptors (Lipinski definition) is 4. The van der Waals surface area contributed by atoms with Crippen molar-refractivity contribution >= 4 is 17.3 Å². The van der Waals surface area contributed by atoms with Crippen LogP contribution in [0.5, 0.6) is 0 Å². The molecule has 0 aliphatic rings. The predicted octanol–water partition coefficient (Wildman–Crippen LogP) is 3.92. The van der Waals surface area contributed by atoms with Crippen molar-refractivity contribution in [3.05, 3.63) is 51.2 Å². The molecule has 0 saturated carbocycles. The lowest BCUT2D eigenvalue weighted by molar-refractivity contribution is -0.384. The van der Waals surface area contributed by atoms with Crippen molar-refractivity contribution in [1.82, 2.24) is 0 Å². The molecule has 100 valence electrons. The quantitative estimate of drug-likeness (QED) is 0.680. The number of nitro groups is 1. The van der Waals surface area contributed by atoms with E-state index in [1.165, 1.54) is 12.1 Å². The molecule has 1 atom stereocenters. The highest BCUT2D eigenvalue weighted by atomic mass is 35.5. The molecule has 0 aliphatic carbocycles. The fourth-order valence-electron chi connectivity index (χ4n) is 1.72. The normalized spacial score (nSPS) is 12.4. The van der Waals surface area contributed by atoms with Crippen LogP contribution in [0.15, 0.2) is 34.7 Å². The molecule has 5 nitrogen and oxygen atoms in total. The van der Waals surface area contributed by atoms with E-state index in [2.05, 4.69) is 0 Å². The van der Waals surface area contributed by atoms with Crippen molar-refractivity contribution in [2.75, 3.05) is 0 Å². The van der Waals surface area contributed by atoms with Gasteiger partial charge in [0.15, 0.2) is 0 Å². The van der Waals surface area contributed by atoms with Gasteiger partial charge in [-0.15, -0.1) is 0 Å². The van der Waals surface area contributed by atoms with Crippen molar-refractivity contribution in [3.8, 4) is 11.3 Å². The molecule has 1 aromatic heterocycles. The van der Waals surface area contributed by atoms with Gasteiger partial charge >= 0.3 is 0 Å². The van der Waals surface area contributed by atoms with Crippen molar-refractivity contribution in [3.63, 3.8) is 0 Å². The molecule has 2 N–H and O–H groups in total. The zero-order valence-corrected chi connectivity index (χ0v) is 11.1. The van der Waals surface area contributed by atoms with Crippen LogP contribution in [0.1, 0.15) is 25.1 Å². The summed E-state index contributed by atoms with van der Waals surface area (Å²) in [6, 6.07) is 7.66. The Hall–Kier alpha value is -1.85. The smallest absolute Gasteiger partial charge is 0.270 e. The molecule has 1 heterocycles. The van der Waals surface area contributed by atoms with Crippen molar-refractivity contribution < 1.29 is 9.34 Å². The number of nitrogens with zero attached hydrogens (tertiary/aromatic N) is 1. The van der Waals surface area contributed by atoms with E-state index in [0.717, 1.165) is 6.42 Å². The molecule has 0 radical (unpaired) electrons. The number of rotatable bonds is 4. The summed E-state index contributed by atoms with van der Waals surface area (Å²) in [7, 11) is 0. The van der Waals surface area contributed by atoms with Gasteiger partial charge in [0, 0.05) is 17.7 Å². The lowest BCUT2D eigenvalue weighted by Crippen LogP contribution is -2.06. The van der Waals surface area contributed by atoms with E-state index in [4.69, 9.17) is 21.8 Å². The van der Waals surface area contributed by atoms with Gasteiger partial charge in [0.1, 0.15) is 11.5 Å². The van der Waals surface area contributed by atoms with Gasteiger partial charge < -0.3 is 10.2 Å². The third-order valence-corrected chi connectivity index (χ3v) is 3.17. The molecule has 0 amide bonds. The van der Waals surface area contributed by atoms with Crippen molar-refractivity contribution in [2.45, 2.75) is 19.4 Å². The molecule has 2 aromatic rings. The third-order valence-electron chi connectivity index (χ3n) is 2.86. The molecule has 0 aliphatic heterocycles. The van der Waals surface area contributed by atoms with Crippen LogP contribution in [-0.4, -0.2) is 4.92 Å². The minimum absolute atomic E-state index is 0.0502. The third kappa shape index (κ3) is 2.77. The van der Waals surface area contributed by atoms with Gasteiger partial charge in [-0.05, 0) is 24.6 Å². The highest BCUT2D eigenvalue weighted by molar-refractivity contribution is 6.33. The molecule has 0 saturated heterocycles. The first-order chi connectivity index (χ1) is 9.02. The number of benzene rings is 1. The van der Waals surface area contributed by atoms with Gasteiger partial charge in [-0.3, -0.25) is 10.1 Å². The van der Waals surface area contributed by atoms with Crippen LogP contribution in [-0.2, 0) is 0 Å². The fourth-order valence-corrected chi connectivity index (χ4v) is 1.98. The van der Waals surface area contributed by atoms with E-state index < -0.39 is 4.92 Å². The molecular formula is C13H13ClN2O3. The molecule has 2 rings (SSSR count). The first-order valence-electron chi connectivity index (χ1n) is 5.82. The van der Waals surface area contributed by atoms with E-state index in [-0.39, 0.29) is 16.8 Å². The number of furan rings is 1. The number of halogens is 1. The maximum Gasteiger partial charge on any atom is 0.270 e. The predicted molar refractivity (Wildman–Crippen MR) is 73.0 cm³/mol. The average Bonchev–Trinajstić information content (AvgIpc) is 2.87. The summed E-state index contributed by atoms with van der Waals surface area (Å²) in [5, 5.41) is 10.9. The lowest BCUT2D eigenvalue weighted by Gasteiger charge is -2.04. The lowest BCUT2D eigenvalue weighted by atomic mass is 10.1. The average molecular weight is 281 g/mol. The van der Waals surface area contributed by atoms with Gasteiger partial charge in [-0.25, -0.2) is 0 Å². The standard InChI is InChI=1S/C13H13ClN2O3/c1-2-11(15)13-6-5-12(19-13)9-4-3-8(16(17)18)7-10(9)14/h3-7,11H,2,15H2,1H3. The van der Waals surface area contributed by atoms with Crippen LogP contribution in [0.3, 0.4) is 0 Å². The van der Waals surface area contributed by atoms with E-state index >= 15 is 0 Å².